The molecule has 0 aliphatic rings. The number of aromatic amines is 2. The molecule has 0 unspecified atom stereocenters. The number of carbonyl (C=O) groups excluding carboxylic acids is 1. The number of amides is 1. The van der Waals surface area contributed by atoms with Crippen LogP contribution in [0.25, 0.3) is 55.2 Å². The number of thiophene rings is 1. The number of benzene rings is 1. The Morgan fingerprint density at radius 2 is 2.03 bits per heavy atom. The van der Waals surface area contributed by atoms with E-state index in [4.69, 9.17) is 4.98 Å². The van der Waals surface area contributed by atoms with E-state index in [1.165, 1.54) is 6.07 Å². The maximum absolute atomic E-state index is 13.6. The summed E-state index contributed by atoms with van der Waals surface area (Å²) in [6, 6.07) is 12.7. The van der Waals surface area contributed by atoms with Crippen molar-refractivity contribution in [3.8, 4) is 33.2 Å². The maximum atomic E-state index is 13.6. The number of anilines is 1. The first-order valence-electron chi connectivity index (χ1n) is 10.9. The highest BCUT2D eigenvalue weighted by Crippen LogP contribution is 2.35. The first-order valence-corrected chi connectivity index (χ1v) is 11.7. The second-order valence-corrected chi connectivity index (χ2v) is 8.98. The minimum atomic E-state index is -0.237. The highest BCUT2D eigenvalue weighted by molar-refractivity contribution is 7.14. The number of halogens is 1. The molecule has 10 heteroatoms. The van der Waals surface area contributed by atoms with E-state index in [1.54, 1.807) is 31.6 Å². The number of imidazole rings is 1. The van der Waals surface area contributed by atoms with Gasteiger partial charge in [0.15, 0.2) is 11.0 Å². The molecule has 0 saturated heterocycles. The number of para-hydroxylation sites is 1. The molecule has 5 aromatic heterocycles. The molecule has 35 heavy (non-hydrogen) atoms. The molecule has 0 bridgehead atoms. The SMILES string of the molecule is CCC(=O)Nc1cncc(-c2cc3c(-c4nc5c(-c6ccc(F)s6)cccc5[nH]4)n[nH]c3cn2)c1. The average molecular weight is 484 g/mol. The molecular formula is C25H18FN7OS. The van der Waals surface area contributed by atoms with Gasteiger partial charge in [0, 0.05) is 34.0 Å². The Hall–Kier alpha value is -4.44. The van der Waals surface area contributed by atoms with E-state index in [9.17, 15) is 9.18 Å². The molecule has 0 aliphatic carbocycles. The van der Waals surface area contributed by atoms with Crippen LogP contribution < -0.4 is 5.32 Å². The summed E-state index contributed by atoms with van der Waals surface area (Å²) in [5.74, 6) is 0.508. The summed E-state index contributed by atoms with van der Waals surface area (Å²) in [6.07, 6.45) is 5.39. The van der Waals surface area contributed by atoms with Crippen molar-refractivity contribution in [2.24, 2.45) is 0 Å². The third-order valence-electron chi connectivity index (χ3n) is 5.66. The summed E-state index contributed by atoms with van der Waals surface area (Å²) in [5, 5.41) is 10.9. The first-order chi connectivity index (χ1) is 17.1. The van der Waals surface area contributed by atoms with Crippen molar-refractivity contribution >= 4 is 44.9 Å². The van der Waals surface area contributed by atoms with Crippen LogP contribution in [0.2, 0.25) is 0 Å². The Bertz CT molecular complexity index is 1720. The maximum Gasteiger partial charge on any atom is 0.224 e. The fourth-order valence-electron chi connectivity index (χ4n) is 3.96. The second kappa shape index (κ2) is 8.41. The largest absolute Gasteiger partial charge is 0.337 e. The number of hydrogen-bond acceptors (Lipinski definition) is 6. The van der Waals surface area contributed by atoms with Crippen molar-refractivity contribution in [3.63, 3.8) is 0 Å². The quantitative estimate of drug-likeness (QED) is 0.288. The monoisotopic (exact) mass is 483 g/mol. The molecule has 0 radical (unpaired) electrons. The third-order valence-corrected chi connectivity index (χ3v) is 6.57. The Kier molecular flexibility index (Phi) is 5.07. The number of pyridine rings is 2. The van der Waals surface area contributed by atoms with Crippen LogP contribution in [-0.4, -0.2) is 36.0 Å². The number of H-pyrrole nitrogens is 2. The molecule has 172 valence electrons. The predicted molar refractivity (Wildman–Crippen MR) is 134 cm³/mol. The zero-order valence-corrected chi connectivity index (χ0v) is 19.3. The molecule has 5 heterocycles. The van der Waals surface area contributed by atoms with E-state index in [1.807, 2.05) is 30.3 Å². The van der Waals surface area contributed by atoms with Gasteiger partial charge in [-0.2, -0.15) is 9.49 Å². The van der Waals surface area contributed by atoms with Crippen LogP contribution in [-0.2, 0) is 4.79 Å². The Morgan fingerprint density at radius 3 is 2.86 bits per heavy atom. The summed E-state index contributed by atoms with van der Waals surface area (Å²) >= 11 is 1.09. The van der Waals surface area contributed by atoms with Crippen LogP contribution in [0.4, 0.5) is 10.1 Å². The highest BCUT2D eigenvalue weighted by atomic mass is 32.1. The van der Waals surface area contributed by atoms with Crippen LogP contribution in [0.5, 0.6) is 0 Å². The number of hydrogen-bond donors (Lipinski definition) is 3. The van der Waals surface area contributed by atoms with E-state index in [-0.39, 0.29) is 11.0 Å². The molecule has 6 aromatic rings. The van der Waals surface area contributed by atoms with Crippen molar-refractivity contribution in [1.82, 2.24) is 30.1 Å². The van der Waals surface area contributed by atoms with Crippen LogP contribution in [0.1, 0.15) is 13.3 Å². The number of carbonyl (C=O) groups is 1. The fraction of sp³-hybridized carbons (Fsp3) is 0.0800. The van der Waals surface area contributed by atoms with Gasteiger partial charge in [0.1, 0.15) is 5.69 Å². The lowest BCUT2D eigenvalue weighted by atomic mass is 10.1. The number of nitrogens with zero attached hydrogens (tertiary/aromatic N) is 4. The molecule has 8 nitrogen and oxygen atoms in total. The molecule has 0 saturated carbocycles. The van der Waals surface area contributed by atoms with Crippen LogP contribution in [0, 0.1) is 5.13 Å². The fourth-order valence-corrected chi connectivity index (χ4v) is 4.71. The van der Waals surface area contributed by atoms with Crippen molar-refractivity contribution in [2.75, 3.05) is 5.32 Å². The standard InChI is InChI=1S/C25H18FN7OS/c1-2-22(34)29-14-8-13(10-27-11-14)18-9-16-19(12-28-18)32-33-24(16)25-30-17-5-3-4-15(23(17)31-25)20-6-7-21(26)35-20/h3-12H,2H2,1H3,(H,29,34)(H,30,31)(H,32,33). The van der Waals surface area contributed by atoms with E-state index in [0.717, 1.165) is 49.3 Å². The zero-order valence-electron chi connectivity index (χ0n) is 18.5. The minimum absolute atomic E-state index is 0.0842. The lowest BCUT2D eigenvalue weighted by molar-refractivity contribution is -0.115. The Balaban J connectivity index is 1.43. The van der Waals surface area contributed by atoms with Crippen LogP contribution in [0.3, 0.4) is 0 Å². The Morgan fingerprint density at radius 1 is 1.11 bits per heavy atom. The van der Waals surface area contributed by atoms with Gasteiger partial charge in [0.05, 0.1) is 40.3 Å². The molecule has 0 fully saturated rings. The number of nitrogens with one attached hydrogen (secondary N) is 3. The van der Waals surface area contributed by atoms with Crippen molar-refractivity contribution in [3.05, 3.63) is 66.2 Å². The van der Waals surface area contributed by atoms with Gasteiger partial charge in [-0.25, -0.2) is 4.98 Å². The number of rotatable bonds is 5. The summed E-state index contributed by atoms with van der Waals surface area (Å²) in [4.78, 5) is 29.5. The molecular weight excluding hydrogens is 465 g/mol. The Labute approximate surface area is 202 Å². The lowest BCUT2D eigenvalue weighted by Crippen LogP contribution is -2.09. The molecule has 0 spiro atoms. The van der Waals surface area contributed by atoms with E-state index < -0.39 is 0 Å². The van der Waals surface area contributed by atoms with Gasteiger partial charge >= 0.3 is 0 Å². The lowest BCUT2D eigenvalue weighted by Gasteiger charge is -2.06. The van der Waals surface area contributed by atoms with Gasteiger partial charge < -0.3 is 10.3 Å². The molecule has 1 aromatic carbocycles. The number of aromatic nitrogens is 6. The van der Waals surface area contributed by atoms with Crippen LogP contribution in [0.15, 0.2) is 61.1 Å². The van der Waals surface area contributed by atoms with Crippen molar-refractivity contribution in [1.29, 1.82) is 0 Å². The summed E-state index contributed by atoms with van der Waals surface area (Å²) < 4.78 is 13.6. The summed E-state index contributed by atoms with van der Waals surface area (Å²) in [7, 11) is 0. The summed E-state index contributed by atoms with van der Waals surface area (Å²) in [6.45, 7) is 1.79. The van der Waals surface area contributed by atoms with Gasteiger partial charge in [-0.1, -0.05) is 19.1 Å². The van der Waals surface area contributed by atoms with E-state index in [2.05, 4.69) is 30.5 Å². The number of fused-ring (bicyclic) bond motifs is 2. The van der Waals surface area contributed by atoms with Gasteiger partial charge in [-0.15, -0.1) is 11.3 Å². The zero-order chi connectivity index (χ0) is 23.9. The average Bonchev–Trinajstić information content (AvgIpc) is 3.61. The molecule has 6 rings (SSSR count). The van der Waals surface area contributed by atoms with Gasteiger partial charge in [-0.05, 0) is 30.3 Å². The minimum Gasteiger partial charge on any atom is -0.337 e. The molecule has 0 atom stereocenters. The van der Waals surface area contributed by atoms with Crippen LogP contribution >= 0.6 is 11.3 Å². The second-order valence-electron chi connectivity index (χ2n) is 7.94. The third kappa shape index (κ3) is 3.83. The highest BCUT2D eigenvalue weighted by Gasteiger charge is 2.17. The van der Waals surface area contributed by atoms with E-state index >= 15 is 0 Å². The first kappa shape index (κ1) is 21.1. The normalized spacial score (nSPS) is 11.4. The van der Waals surface area contributed by atoms with Crippen molar-refractivity contribution < 1.29 is 9.18 Å². The van der Waals surface area contributed by atoms with Gasteiger partial charge in [0.25, 0.3) is 0 Å². The predicted octanol–water partition coefficient (Wildman–Crippen LogP) is 5.78. The topological polar surface area (TPSA) is 112 Å². The van der Waals surface area contributed by atoms with E-state index in [0.29, 0.717) is 29.3 Å². The van der Waals surface area contributed by atoms with Gasteiger partial charge in [-0.3, -0.25) is 19.9 Å². The summed E-state index contributed by atoms with van der Waals surface area (Å²) in [5.41, 5.74) is 5.90. The molecule has 1 amide bonds. The van der Waals surface area contributed by atoms with Gasteiger partial charge in [0.2, 0.25) is 5.91 Å². The van der Waals surface area contributed by atoms with Crippen molar-refractivity contribution in [2.45, 2.75) is 13.3 Å². The smallest absolute Gasteiger partial charge is 0.224 e. The molecule has 0 aliphatic heterocycles. The molecule has 3 N–H and O–H groups in total.